The van der Waals surface area contributed by atoms with E-state index in [0.29, 0.717) is 22.4 Å². The summed E-state index contributed by atoms with van der Waals surface area (Å²) in [5.41, 5.74) is 0.0674. The molecule has 7 atom stereocenters. The third kappa shape index (κ3) is 6.09. The van der Waals surface area contributed by atoms with Crippen LogP contribution in [0, 0.1) is 11.8 Å². The van der Waals surface area contributed by atoms with Crippen LogP contribution in [0.25, 0.3) is 0 Å². The number of cyclic esters (lactones) is 1. The maximum Gasteiger partial charge on any atom is 0.329 e. The van der Waals surface area contributed by atoms with Gasteiger partial charge in [0.25, 0.3) is 0 Å². The van der Waals surface area contributed by atoms with Crippen molar-refractivity contribution in [1.82, 2.24) is 10.2 Å². The summed E-state index contributed by atoms with van der Waals surface area (Å²) in [5.74, 6) is -5.66. The average Bonchev–Trinajstić information content (AvgIpc) is 3.66. The number of carboxylic acids is 1. The lowest BCUT2D eigenvalue weighted by Gasteiger charge is -2.46. The van der Waals surface area contributed by atoms with Crippen LogP contribution in [0.15, 0.2) is 109 Å². The monoisotopic (exact) mass is 747 g/mol. The maximum atomic E-state index is 15.6. The van der Waals surface area contributed by atoms with Gasteiger partial charge < -0.3 is 29.7 Å². The molecule has 7 rings (SSSR count). The number of ether oxygens (including phenoxy) is 3. The molecule has 13 nitrogen and oxygen atoms in total. The molecule has 3 amide bonds. The summed E-state index contributed by atoms with van der Waals surface area (Å²) < 4.78 is 16.9. The maximum absolute atomic E-state index is 15.6. The molecule has 4 aromatic rings. The van der Waals surface area contributed by atoms with Crippen LogP contribution in [0.5, 0.6) is 5.75 Å². The number of amides is 3. The van der Waals surface area contributed by atoms with Gasteiger partial charge in [0.1, 0.15) is 41.9 Å². The minimum atomic E-state index is -2.09. The highest BCUT2D eigenvalue weighted by Gasteiger charge is 2.76. The first-order valence-electron chi connectivity index (χ1n) is 18.0. The van der Waals surface area contributed by atoms with E-state index in [1.165, 1.54) is 7.11 Å². The molecule has 284 valence electrons. The topological polar surface area (TPSA) is 172 Å². The van der Waals surface area contributed by atoms with Crippen LogP contribution in [0.1, 0.15) is 54.3 Å². The van der Waals surface area contributed by atoms with Gasteiger partial charge in [0.2, 0.25) is 5.91 Å². The van der Waals surface area contributed by atoms with Gasteiger partial charge in [0.15, 0.2) is 0 Å². The molecule has 0 aromatic heterocycles. The van der Waals surface area contributed by atoms with E-state index in [-0.39, 0.29) is 24.5 Å². The van der Waals surface area contributed by atoms with Crippen LogP contribution in [-0.2, 0) is 34.1 Å². The number of aliphatic carboxylic acids is 1. The van der Waals surface area contributed by atoms with Crippen LogP contribution < -0.4 is 15.0 Å². The van der Waals surface area contributed by atoms with Crippen LogP contribution in [0.4, 0.5) is 10.5 Å². The number of benzene rings is 4. The van der Waals surface area contributed by atoms with Crippen LogP contribution in [-0.4, -0.2) is 77.4 Å². The summed E-state index contributed by atoms with van der Waals surface area (Å²) in [4.78, 5) is 73.9. The van der Waals surface area contributed by atoms with E-state index < -0.39 is 77.4 Å². The Hall–Kier alpha value is -6.05. The molecule has 4 aromatic carbocycles. The molecule has 3 N–H and O–H groups in total. The quantitative estimate of drug-likeness (QED) is 0.192. The van der Waals surface area contributed by atoms with Crippen molar-refractivity contribution in [3.63, 3.8) is 0 Å². The second-order valence-corrected chi connectivity index (χ2v) is 14.1. The molecule has 0 saturated carbocycles. The number of fused-ring (bicyclic) bond motifs is 3. The van der Waals surface area contributed by atoms with E-state index >= 15 is 4.79 Å². The van der Waals surface area contributed by atoms with Gasteiger partial charge >= 0.3 is 23.9 Å². The SMILES string of the molecule is COC(=O)[C@@H](NC(=O)N1C(=O)[C@@]2(c3ccccc31)[C@H](c1ccc(OCCO)cc1)N1[C@H](c3ccccc3)[C@H](c3ccccc3)OC(=O)[C@H]1[C@@H]2C(=O)O)C(C)C. The van der Waals surface area contributed by atoms with Gasteiger partial charge in [0.05, 0.1) is 31.5 Å². The summed E-state index contributed by atoms with van der Waals surface area (Å²) in [6.45, 7) is 3.23. The highest BCUT2D eigenvalue weighted by atomic mass is 16.6. The summed E-state index contributed by atoms with van der Waals surface area (Å²) in [7, 11) is 1.19. The molecule has 3 heterocycles. The summed E-state index contributed by atoms with van der Waals surface area (Å²) in [6, 6.07) is 25.9. The molecule has 0 radical (unpaired) electrons. The first-order valence-corrected chi connectivity index (χ1v) is 18.0. The number of nitrogens with zero attached hydrogens (tertiary/aromatic N) is 2. The number of para-hydroxylation sites is 1. The van der Waals surface area contributed by atoms with Crippen molar-refractivity contribution in [2.24, 2.45) is 11.8 Å². The molecule has 3 aliphatic rings. The number of nitrogens with one attached hydrogen (secondary N) is 1. The fraction of sp³-hybridized carbons (Fsp3) is 0.310. The van der Waals surface area contributed by atoms with E-state index in [9.17, 15) is 29.4 Å². The predicted octanol–water partition coefficient (Wildman–Crippen LogP) is 4.72. The first kappa shape index (κ1) is 37.3. The Morgan fingerprint density at radius 2 is 1.45 bits per heavy atom. The molecular formula is C42H41N3O10. The average molecular weight is 748 g/mol. The van der Waals surface area contributed by atoms with E-state index in [0.717, 1.165) is 4.90 Å². The van der Waals surface area contributed by atoms with Gasteiger partial charge in [-0.2, -0.15) is 0 Å². The molecule has 3 aliphatic heterocycles. The Balaban J connectivity index is 1.50. The number of carboxylic acid groups (broad SMARTS) is 1. The van der Waals surface area contributed by atoms with Crippen LogP contribution >= 0.6 is 0 Å². The molecule has 0 bridgehead atoms. The fourth-order valence-corrected chi connectivity index (χ4v) is 8.58. The number of esters is 2. The van der Waals surface area contributed by atoms with Crippen molar-refractivity contribution in [2.45, 2.75) is 49.5 Å². The van der Waals surface area contributed by atoms with Crippen LogP contribution in [0.3, 0.4) is 0 Å². The van der Waals surface area contributed by atoms with Gasteiger partial charge in [-0.05, 0) is 46.4 Å². The number of carbonyl (C=O) groups is 5. The van der Waals surface area contributed by atoms with Gasteiger partial charge in [-0.15, -0.1) is 0 Å². The standard InChI is InChI=1S/C42H41N3O10/c1-24(2)32(38(49)53-3)43-41(52)44-30-17-11-10-16-29(30)42(40(44)51)31(37(47)48)34-39(50)55-35(26-14-8-5-9-15-26)33(25-12-6-4-7-13-25)45(34)36(42)27-18-20-28(21-19-27)54-23-22-46/h4-21,24,31-36,46H,22-23H2,1-3H3,(H,43,52)(H,47,48)/t31-,32+,33-,34-,35+,36+,42-/m1/s1. The zero-order chi connectivity index (χ0) is 39.0. The molecule has 55 heavy (non-hydrogen) atoms. The molecule has 2 fully saturated rings. The number of hydrogen-bond donors (Lipinski definition) is 3. The Labute approximate surface area is 317 Å². The van der Waals surface area contributed by atoms with E-state index in [4.69, 9.17) is 14.2 Å². The Morgan fingerprint density at radius 3 is 2.05 bits per heavy atom. The molecule has 0 aliphatic carbocycles. The number of aliphatic hydroxyl groups is 1. The normalized spacial score (nSPS) is 24.9. The Morgan fingerprint density at radius 1 is 0.836 bits per heavy atom. The lowest BCUT2D eigenvalue weighted by molar-refractivity contribution is -0.179. The van der Waals surface area contributed by atoms with Crippen molar-refractivity contribution in [1.29, 1.82) is 0 Å². The third-order valence-corrected chi connectivity index (χ3v) is 10.8. The molecule has 13 heteroatoms. The molecule has 0 unspecified atom stereocenters. The molecule has 1 spiro atoms. The second-order valence-electron chi connectivity index (χ2n) is 14.1. The van der Waals surface area contributed by atoms with Crippen molar-refractivity contribution >= 4 is 35.5 Å². The van der Waals surface area contributed by atoms with Gasteiger partial charge in [-0.3, -0.25) is 19.3 Å². The lowest BCUT2D eigenvalue weighted by Crippen LogP contribution is -2.56. The van der Waals surface area contributed by atoms with Gasteiger partial charge in [-0.1, -0.05) is 105 Å². The lowest BCUT2D eigenvalue weighted by atomic mass is 9.65. The second kappa shape index (κ2) is 15.0. The number of anilines is 1. The van der Waals surface area contributed by atoms with E-state index in [1.807, 2.05) is 60.7 Å². The number of rotatable bonds is 10. The number of morpholine rings is 1. The van der Waals surface area contributed by atoms with E-state index in [1.54, 1.807) is 67.3 Å². The summed E-state index contributed by atoms with van der Waals surface area (Å²) in [5, 5.41) is 23.3. The Kier molecular flexibility index (Phi) is 10.2. The van der Waals surface area contributed by atoms with Gasteiger partial charge in [0, 0.05) is 0 Å². The van der Waals surface area contributed by atoms with E-state index in [2.05, 4.69) is 5.32 Å². The smallest absolute Gasteiger partial charge is 0.329 e. The first-order chi connectivity index (χ1) is 26.6. The zero-order valence-electron chi connectivity index (χ0n) is 30.4. The van der Waals surface area contributed by atoms with Crippen molar-refractivity contribution < 1.29 is 48.4 Å². The Bertz CT molecular complexity index is 2090. The number of hydrogen-bond acceptors (Lipinski definition) is 10. The van der Waals surface area contributed by atoms with Crippen molar-refractivity contribution in [3.8, 4) is 5.75 Å². The number of urea groups is 1. The molecular weight excluding hydrogens is 706 g/mol. The van der Waals surface area contributed by atoms with Crippen molar-refractivity contribution in [2.75, 3.05) is 25.2 Å². The fourth-order valence-electron chi connectivity index (χ4n) is 8.58. The third-order valence-electron chi connectivity index (χ3n) is 10.8. The number of imide groups is 1. The minimum absolute atomic E-state index is 0.0293. The van der Waals surface area contributed by atoms with Crippen molar-refractivity contribution in [3.05, 3.63) is 131 Å². The highest BCUT2D eigenvalue weighted by molar-refractivity contribution is 6.24. The highest BCUT2D eigenvalue weighted by Crippen LogP contribution is 2.65. The number of carbonyl (C=O) groups excluding carboxylic acids is 4. The number of aliphatic hydroxyl groups excluding tert-OH is 1. The van der Waals surface area contributed by atoms with Crippen LogP contribution in [0.2, 0.25) is 0 Å². The largest absolute Gasteiger partial charge is 0.491 e. The number of methoxy groups -OCH3 is 1. The zero-order valence-corrected chi connectivity index (χ0v) is 30.4. The predicted molar refractivity (Wildman–Crippen MR) is 198 cm³/mol. The summed E-state index contributed by atoms with van der Waals surface area (Å²) in [6.07, 6.45) is -0.926. The summed E-state index contributed by atoms with van der Waals surface area (Å²) >= 11 is 0. The van der Waals surface area contributed by atoms with Gasteiger partial charge in [-0.25, -0.2) is 14.5 Å². The molecule has 2 saturated heterocycles. The minimum Gasteiger partial charge on any atom is -0.491 e.